The van der Waals surface area contributed by atoms with Crippen molar-refractivity contribution in [2.75, 3.05) is 0 Å². The molecule has 1 amide bonds. The Labute approximate surface area is 157 Å². The third-order valence-electron chi connectivity index (χ3n) is 4.55. The fourth-order valence-corrected chi connectivity index (χ4v) is 3.42. The number of fused-ring (bicyclic) bond motifs is 1. The van der Waals surface area contributed by atoms with Crippen molar-refractivity contribution in [3.8, 4) is 0 Å². The average Bonchev–Trinajstić information content (AvgIpc) is 2.63. The van der Waals surface area contributed by atoms with Gasteiger partial charge in [-0.25, -0.2) is 4.39 Å². The number of hydrogen-bond donors (Lipinski definition) is 2. The summed E-state index contributed by atoms with van der Waals surface area (Å²) in [6, 6.07) is 6.02. The summed E-state index contributed by atoms with van der Waals surface area (Å²) in [5, 5.41) is 12.0. The van der Waals surface area contributed by atoms with Gasteiger partial charge in [0.15, 0.2) is 0 Å². The van der Waals surface area contributed by atoms with Crippen molar-refractivity contribution in [2.45, 2.75) is 37.3 Å². The number of rotatable bonds is 3. The normalized spacial score (nSPS) is 22.2. The van der Waals surface area contributed by atoms with Crippen LogP contribution < -0.4 is 5.32 Å². The molecule has 2 N–H and O–H groups in total. The molecule has 0 spiro atoms. The van der Waals surface area contributed by atoms with Crippen LogP contribution in [0.3, 0.4) is 0 Å². The molecule has 1 aliphatic carbocycles. The molecule has 2 atom stereocenters. The highest BCUT2D eigenvalue weighted by atomic mass is 35.5. The largest absolute Gasteiger partial charge is 0.416 e. The quantitative estimate of drug-likeness (QED) is 0.761. The van der Waals surface area contributed by atoms with Gasteiger partial charge in [0.05, 0.1) is 17.4 Å². The number of nitrogens with zero attached hydrogens (tertiary/aromatic N) is 1. The molecule has 3 rings (SSSR count). The van der Waals surface area contributed by atoms with Crippen LogP contribution in [0, 0.1) is 0 Å². The lowest BCUT2D eigenvalue weighted by Gasteiger charge is -2.32. The van der Waals surface area contributed by atoms with Crippen molar-refractivity contribution in [1.82, 2.24) is 10.3 Å². The van der Waals surface area contributed by atoms with E-state index in [1.54, 1.807) is 0 Å². The highest BCUT2D eigenvalue weighted by Gasteiger charge is 2.47. The molecule has 4 nitrogen and oxygen atoms in total. The minimum absolute atomic E-state index is 0.0339. The average molecular weight is 403 g/mol. The molecular formula is C18H15ClF4N2O2. The Hall–Kier alpha value is -2.19. The van der Waals surface area contributed by atoms with E-state index in [0.29, 0.717) is 0 Å². The van der Waals surface area contributed by atoms with E-state index in [1.165, 1.54) is 24.4 Å². The number of carbonyl (C=O) groups excluding carboxylic acids is 1. The zero-order valence-electron chi connectivity index (χ0n) is 13.9. The van der Waals surface area contributed by atoms with Crippen LogP contribution >= 0.6 is 11.6 Å². The Morgan fingerprint density at radius 2 is 2.07 bits per heavy atom. The van der Waals surface area contributed by atoms with E-state index in [-0.39, 0.29) is 34.7 Å². The molecule has 9 heteroatoms. The number of alkyl halides is 4. The number of carbonyl (C=O) groups is 1. The van der Waals surface area contributed by atoms with Gasteiger partial charge in [-0.15, -0.1) is 0 Å². The number of amides is 1. The van der Waals surface area contributed by atoms with E-state index in [2.05, 4.69) is 10.3 Å². The maximum atomic E-state index is 15.5. The molecule has 0 saturated heterocycles. The van der Waals surface area contributed by atoms with Gasteiger partial charge in [0.1, 0.15) is 0 Å². The van der Waals surface area contributed by atoms with Crippen LogP contribution in [0.25, 0.3) is 0 Å². The van der Waals surface area contributed by atoms with E-state index in [4.69, 9.17) is 11.6 Å². The van der Waals surface area contributed by atoms with Gasteiger partial charge in [-0.2, -0.15) is 13.2 Å². The molecule has 27 heavy (non-hydrogen) atoms. The van der Waals surface area contributed by atoms with Gasteiger partial charge in [-0.3, -0.25) is 9.78 Å². The summed E-state index contributed by atoms with van der Waals surface area (Å²) in [6.07, 6.45) is -4.64. The summed E-state index contributed by atoms with van der Waals surface area (Å²) in [5.41, 5.74) is -3.87. The Balaban J connectivity index is 1.87. The van der Waals surface area contributed by atoms with Crippen molar-refractivity contribution >= 4 is 17.5 Å². The second-order valence-electron chi connectivity index (χ2n) is 6.24. The van der Waals surface area contributed by atoms with Crippen LogP contribution in [0.5, 0.6) is 0 Å². The zero-order valence-corrected chi connectivity index (χ0v) is 14.6. The smallest absolute Gasteiger partial charge is 0.387 e. The lowest BCUT2D eigenvalue weighted by molar-refractivity contribution is -0.139. The molecule has 1 heterocycles. The van der Waals surface area contributed by atoms with Crippen molar-refractivity contribution in [3.63, 3.8) is 0 Å². The minimum atomic E-state index is -4.66. The Kier molecular flexibility index (Phi) is 5.14. The number of benzene rings is 1. The summed E-state index contributed by atoms with van der Waals surface area (Å²) in [4.78, 5) is 16.4. The highest BCUT2D eigenvalue weighted by molar-refractivity contribution is 6.31. The molecule has 0 aliphatic heterocycles. The monoisotopic (exact) mass is 402 g/mol. The van der Waals surface area contributed by atoms with Crippen LogP contribution in [-0.2, 0) is 23.2 Å². The van der Waals surface area contributed by atoms with Crippen molar-refractivity contribution in [2.24, 2.45) is 0 Å². The minimum Gasteiger partial charge on any atom is -0.387 e. The zero-order chi connectivity index (χ0) is 19.8. The first-order valence-electron chi connectivity index (χ1n) is 8.10. The molecule has 2 unspecified atom stereocenters. The fraction of sp³-hybridized carbons (Fsp3) is 0.333. The van der Waals surface area contributed by atoms with Gasteiger partial charge in [0.25, 0.3) is 5.91 Å². The maximum absolute atomic E-state index is 15.5. The third-order valence-corrected chi connectivity index (χ3v) is 4.91. The van der Waals surface area contributed by atoms with Crippen LogP contribution in [0.4, 0.5) is 17.6 Å². The lowest BCUT2D eigenvalue weighted by atomic mass is 9.81. The molecular weight excluding hydrogens is 388 g/mol. The summed E-state index contributed by atoms with van der Waals surface area (Å²) >= 11 is 5.85. The molecule has 144 valence electrons. The Bertz CT molecular complexity index is 875. The van der Waals surface area contributed by atoms with Gasteiger partial charge in [0.2, 0.25) is 5.67 Å². The molecule has 1 aromatic heterocycles. The van der Waals surface area contributed by atoms with Crippen LogP contribution in [0.15, 0.2) is 36.5 Å². The van der Waals surface area contributed by atoms with E-state index < -0.39 is 36.0 Å². The van der Waals surface area contributed by atoms with E-state index in [0.717, 1.165) is 12.1 Å². The first-order chi connectivity index (χ1) is 12.6. The van der Waals surface area contributed by atoms with E-state index >= 15 is 4.39 Å². The number of aromatic nitrogens is 1. The summed E-state index contributed by atoms with van der Waals surface area (Å²) in [5.74, 6) is -1.10. The number of aliphatic hydroxyl groups is 1. The molecule has 0 bridgehead atoms. The second-order valence-corrected chi connectivity index (χ2v) is 6.65. The van der Waals surface area contributed by atoms with Gasteiger partial charge >= 0.3 is 6.18 Å². The predicted octanol–water partition coefficient (Wildman–Crippen LogP) is 4.06. The molecule has 1 aromatic carbocycles. The van der Waals surface area contributed by atoms with Gasteiger partial charge < -0.3 is 10.4 Å². The molecule has 0 fully saturated rings. The van der Waals surface area contributed by atoms with Crippen LogP contribution in [0.1, 0.15) is 41.3 Å². The number of halogens is 5. The SMILES string of the molecule is O=C(NCc1c(Cl)cccc1C(F)(F)F)C1(F)CCC(O)c2ncccc21. The van der Waals surface area contributed by atoms with Crippen molar-refractivity contribution in [3.05, 3.63) is 63.9 Å². The highest BCUT2D eigenvalue weighted by Crippen LogP contribution is 2.42. The van der Waals surface area contributed by atoms with E-state index in [1.807, 2.05) is 0 Å². The Morgan fingerprint density at radius 3 is 2.78 bits per heavy atom. The van der Waals surface area contributed by atoms with Crippen molar-refractivity contribution < 1.29 is 27.5 Å². The number of hydrogen-bond acceptors (Lipinski definition) is 3. The van der Waals surface area contributed by atoms with Gasteiger partial charge in [0, 0.05) is 28.9 Å². The summed E-state index contributed by atoms with van der Waals surface area (Å²) in [6.45, 7) is -0.586. The van der Waals surface area contributed by atoms with Crippen LogP contribution in [-0.4, -0.2) is 16.0 Å². The molecule has 0 radical (unpaired) electrons. The summed E-state index contributed by atoms with van der Waals surface area (Å²) in [7, 11) is 0. The van der Waals surface area contributed by atoms with E-state index in [9.17, 15) is 23.1 Å². The summed E-state index contributed by atoms with van der Waals surface area (Å²) < 4.78 is 54.9. The lowest BCUT2D eigenvalue weighted by Crippen LogP contribution is -2.44. The third kappa shape index (κ3) is 3.64. The first kappa shape index (κ1) is 19.6. The number of aliphatic hydroxyl groups excluding tert-OH is 1. The van der Waals surface area contributed by atoms with Crippen molar-refractivity contribution in [1.29, 1.82) is 0 Å². The maximum Gasteiger partial charge on any atom is 0.416 e. The second kappa shape index (κ2) is 7.09. The molecule has 0 saturated carbocycles. The standard InChI is InChI=1S/C18H15ClF4N2O2/c19-13-5-1-3-11(18(21,22)23)10(13)9-25-16(27)17(20)7-6-14(26)15-12(17)4-2-8-24-15/h1-5,8,14,26H,6-7,9H2,(H,25,27). The molecule has 1 aliphatic rings. The topological polar surface area (TPSA) is 62.2 Å². The van der Waals surface area contributed by atoms with Gasteiger partial charge in [-0.1, -0.05) is 23.7 Å². The molecule has 2 aromatic rings. The number of pyridine rings is 1. The Morgan fingerprint density at radius 1 is 1.33 bits per heavy atom. The predicted molar refractivity (Wildman–Crippen MR) is 89.5 cm³/mol. The fourth-order valence-electron chi connectivity index (χ4n) is 3.17. The number of nitrogens with one attached hydrogen (secondary N) is 1. The first-order valence-corrected chi connectivity index (χ1v) is 8.47. The van der Waals surface area contributed by atoms with Crippen LogP contribution in [0.2, 0.25) is 5.02 Å². The van der Waals surface area contributed by atoms with Gasteiger partial charge in [-0.05, 0) is 31.0 Å².